The Kier molecular flexibility index (Phi) is 3.28. The molecule has 0 aliphatic carbocycles. The molecule has 0 spiro atoms. The quantitative estimate of drug-likeness (QED) is 0.627. The van der Waals surface area contributed by atoms with Gasteiger partial charge < -0.3 is 5.73 Å². The van der Waals surface area contributed by atoms with E-state index < -0.39 is 23.2 Å². The Balaban J connectivity index is 2.25. The van der Waals surface area contributed by atoms with E-state index in [1.54, 1.807) is 20.0 Å². The largest absolute Gasteiger partial charge is 0.435 e. The molecule has 1 unspecified atom stereocenters. The highest BCUT2D eigenvalue weighted by molar-refractivity contribution is 6.32. The van der Waals surface area contributed by atoms with Crippen LogP contribution in [-0.2, 0) is 18.3 Å². The normalized spacial score (nSPS) is 21.0. The van der Waals surface area contributed by atoms with Gasteiger partial charge in [-0.25, -0.2) is 4.39 Å². The van der Waals surface area contributed by atoms with Crippen molar-refractivity contribution in [1.82, 2.24) is 9.78 Å². The monoisotopic (exact) mass is 324 g/mol. The van der Waals surface area contributed by atoms with Crippen molar-refractivity contribution >= 4 is 19.1 Å². The van der Waals surface area contributed by atoms with Crippen LogP contribution in [0.1, 0.15) is 23.9 Å². The highest BCUT2D eigenvalue weighted by Crippen LogP contribution is 2.39. The average molecular weight is 324 g/mol. The number of halogens is 4. The molecular weight excluding hydrogens is 311 g/mol. The van der Waals surface area contributed by atoms with Crippen LogP contribution >= 0.6 is 0 Å². The molecule has 2 heterocycles. The minimum Gasteiger partial charge on any atom is -0.386 e. The third kappa shape index (κ3) is 2.49. The zero-order chi connectivity index (χ0) is 17.0. The fourth-order valence-electron chi connectivity index (χ4n) is 2.81. The molecule has 9 heteroatoms. The van der Waals surface area contributed by atoms with Gasteiger partial charge in [0.1, 0.15) is 25.0 Å². The van der Waals surface area contributed by atoms with E-state index in [0.29, 0.717) is 0 Å². The molecule has 0 amide bonds. The second-order valence-electron chi connectivity index (χ2n) is 5.73. The van der Waals surface area contributed by atoms with Gasteiger partial charge in [-0.1, -0.05) is 17.6 Å². The summed E-state index contributed by atoms with van der Waals surface area (Å²) in [6.45, 7) is 1.47. The molecule has 3 rings (SSSR count). The van der Waals surface area contributed by atoms with E-state index in [-0.39, 0.29) is 23.6 Å². The van der Waals surface area contributed by atoms with Crippen molar-refractivity contribution in [1.29, 1.82) is 0 Å². The molecule has 1 aromatic carbocycles. The van der Waals surface area contributed by atoms with Crippen LogP contribution in [-0.4, -0.2) is 23.5 Å². The predicted octanol–water partition coefficient (Wildman–Crippen LogP) is 0.934. The van der Waals surface area contributed by atoms with E-state index in [1.165, 1.54) is 13.0 Å². The van der Waals surface area contributed by atoms with Gasteiger partial charge in [-0.05, 0) is 19.1 Å². The fourth-order valence-corrected chi connectivity index (χ4v) is 2.81. The van der Waals surface area contributed by atoms with Gasteiger partial charge in [-0.2, -0.15) is 18.3 Å². The Morgan fingerprint density at radius 3 is 2.65 bits per heavy atom. The van der Waals surface area contributed by atoms with E-state index in [1.807, 2.05) is 0 Å². The molecule has 1 aliphatic heterocycles. The van der Waals surface area contributed by atoms with Gasteiger partial charge >= 0.3 is 6.18 Å². The zero-order valence-corrected chi connectivity index (χ0v) is 12.4. The third-order valence-electron chi connectivity index (χ3n) is 3.89. The molecule has 1 aromatic heterocycles. The first-order valence-corrected chi connectivity index (χ1v) is 6.87. The number of nitrogens with two attached hydrogens (primary N) is 1. The Morgan fingerprint density at radius 1 is 1.30 bits per heavy atom. The van der Waals surface area contributed by atoms with Crippen LogP contribution in [0.4, 0.5) is 17.6 Å². The zero-order valence-electron chi connectivity index (χ0n) is 12.4. The van der Waals surface area contributed by atoms with Gasteiger partial charge in [0.05, 0.1) is 12.2 Å². The lowest BCUT2D eigenvalue weighted by Crippen LogP contribution is -2.37. The molecule has 4 nitrogen and oxygen atoms in total. The highest BCUT2D eigenvalue weighted by Gasteiger charge is 2.42. The SMILES string of the molecule is Bc1ccc(F)c(C2(C)N=C(N)Cn3nc(C(F)(F)F)cc32)c1. The second kappa shape index (κ2) is 4.84. The van der Waals surface area contributed by atoms with Gasteiger partial charge in [0.2, 0.25) is 0 Å². The number of fused-ring (bicyclic) bond motifs is 1. The molecule has 23 heavy (non-hydrogen) atoms. The Labute approximate surface area is 130 Å². The van der Waals surface area contributed by atoms with E-state index in [2.05, 4.69) is 10.1 Å². The summed E-state index contributed by atoms with van der Waals surface area (Å²) in [5.74, 6) is -0.462. The number of hydrogen-bond donors (Lipinski definition) is 1. The van der Waals surface area contributed by atoms with E-state index in [0.717, 1.165) is 16.2 Å². The molecule has 0 saturated heterocycles. The van der Waals surface area contributed by atoms with Crippen molar-refractivity contribution in [2.75, 3.05) is 0 Å². The lowest BCUT2D eigenvalue weighted by atomic mass is 9.83. The number of aromatic nitrogens is 2. The maximum Gasteiger partial charge on any atom is 0.435 e. The molecule has 2 aromatic rings. The number of hydrogen-bond acceptors (Lipinski definition) is 3. The summed E-state index contributed by atoms with van der Waals surface area (Å²) in [7, 11) is 1.76. The van der Waals surface area contributed by atoms with E-state index >= 15 is 0 Å². The Bertz CT molecular complexity index is 812. The lowest BCUT2D eigenvalue weighted by molar-refractivity contribution is -0.141. The van der Waals surface area contributed by atoms with Crippen molar-refractivity contribution in [2.24, 2.45) is 10.7 Å². The number of alkyl halides is 3. The molecule has 2 N–H and O–H groups in total. The Morgan fingerprint density at radius 2 is 2.00 bits per heavy atom. The minimum atomic E-state index is -4.59. The lowest BCUT2D eigenvalue weighted by Gasteiger charge is -2.31. The molecule has 120 valence electrons. The molecule has 0 saturated carbocycles. The first-order valence-electron chi connectivity index (χ1n) is 6.87. The number of benzene rings is 1. The topological polar surface area (TPSA) is 56.2 Å². The summed E-state index contributed by atoms with van der Waals surface area (Å²) < 4.78 is 54.3. The Hall–Kier alpha value is -2.32. The number of nitrogens with zero attached hydrogens (tertiary/aromatic N) is 3. The van der Waals surface area contributed by atoms with Crippen LogP contribution < -0.4 is 11.2 Å². The van der Waals surface area contributed by atoms with Crippen LogP contribution in [0.15, 0.2) is 29.3 Å². The van der Waals surface area contributed by atoms with Gasteiger partial charge in [0, 0.05) is 5.56 Å². The van der Waals surface area contributed by atoms with E-state index in [4.69, 9.17) is 5.73 Å². The van der Waals surface area contributed by atoms with Crippen molar-refractivity contribution in [2.45, 2.75) is 25.2 Å². The van der Waals surface area contributed by atoms with Gasteiger partial charge in [0.25, 0.3) is 0 Å². The maximum atomic E-state index is 14.3. The van der Waals surface area contributed by atoms with Crippen LogP contribution in [0, 0.1) is 5.82 Å². The van der Waals surface area contributed by atoms with Crippen LogP contribution in [0.5, 0.6) is 0 Å². The van der Waals surface area contributed by atoms with Crippen LogP contribution in [0.3, 0.4) is 0 Å². The number of aliphatic imine (C=N–C) groups is 1. The summed E-state index contributed by atoms with van der Waals surface area (Å²) in [5, 5.41) is 3.55. The first kappa shape index (κ1) is 15.6. The molecule has 1 atom stereocenters. The summed E-state index contributed by atoms with van der Waals surface area (Å²) >= 11 is 0. The smallest absolute Gasteiger partial charge is 0.386 e. The van der Waals surface area contributed by atoms with Gasteiger partial charge in [-0.3, -0.25) is 9.67 Å². The second-order valence-corrected chi connectivity index (χ2v) is 5.73. The van der Waals surface area contributed by atoms with Crippen LogP contribution in [0.25, 0.3) is 0 Å². The fraction of sp³-hybridized carbons (Fsp3) is 0.286. The first-order chi connectivity index (χ1) is 10.6. The molecular formula is C14H13BF4N4. The summed E-state index contributed by atoms with van der Waals surface area (Å²) in [6, 6.07) is 5.30. The third-order valence-corrected chi connectivity index (χ3v) is 3.89. The van der Waals surface area contributed by atoms with Crippen LogP contribution in [0.2, 0.25) is 0 Å². The molecule has 0 fully saturated rings. The number of rotatable bonds is 1. The van der Waals surface area contributed by atoms with Gasteiger partial charge in [0.15, 0.2) is 5.69 Å². The minimum absolute atomic E-state index is 0.0611. The van der Waals surface area contributed by atoms with Crippen molar-refractivity contribution in [3.63, 3.8) is 0 Å². The van der Waals surface area contributed by atoms with E-state index in [9.17, 15) is 17.6 Å². The summed E-state index contributed by atoms with van der Waals surface area (Å²) in [5.41, 5.74) is 4.43. The highest BCUT2D eigenvalue weighted by atomic mass is 19.4. The summed E-state index contributed by atoms with van der Waals surface area (Å²) in [4.78, 5) is 4.25. The van der Waals surface area contributed by atoms with Gasteiger partial charge in [-0.15, -0.1) is 0 Å². The molecule has 1 aliphatic rings. The van der Waals surface area contributed by atoms with Crippen molar-refractivity contribution < 1.29 is 17.6 Å². The standard InChI is InChI=1S/C14H13BF4N4/c1-13(8-4-7(15)2-3-9(8)16)11-5-10(14(17,18)19)22-23(11)6-12(20)21-13/h2-5H,6,15H2,1H3,(H2,20,21). The van der Waals surface area contributed by atoms with Crippen molar-refractivity contribution in [3.8, 4) is 0 Å². The molecule has 0 bridgehead atoms. The maximum absolute atomic E-state index is 14.3. The summed E-state index contributed by atoms with van der Waals surface area (Å²) in [6.07, 6.45) is -4.59. The average Bonchev–Trinajstić information content (AvgIpc) is 2.86. The molecule has 0 radical (unpaired) electrons. The predicted molar refractivity (Wildman–Crippen MR) is 79.9 cm³/mol. The number of amidine groups is 1. The van der Waals surface area contributed by atoms with Crippen molar-refractivity contribution in [3.05, 3.63) is 47.0 Å².